The summed E-state index contributed by atoms with van der Waals surface area (Å²) in [5, 5.41) is 12.2. The van der Waals surface area contributed by atoms with Gasteiger partial charge in [-0.2, -0.15) is 5.26 Å². The van der Waals surface area contributed by atoms with Crippen molar-refractivity contribution in [1.82, 2.24) is 5.32 Å². The Morgan fingerprint density at radius 2 is 2.41 bits per heavy atom. The zero-order chi connectivity index (χ0) is 12.5. The number of ether oxygens (including phenoxy) is 1. The smallest absolute Gasteiger partial charge is 0.0991 e. The van der Waals surface area contributed by atoms with Crippen molar-refractivity contribution in [3.05, 3.63) is 48.2 Å². The largest absolute Gasteiger partial charge is 0.502 e. The van der Waals surface area contributed by atoms with Gasteiger partial charge >= 0.3 is 0 Å². The highest BCUT2D eigenvalue weighted by atomic mass is 16.5. The molecule has 3 nitrogen and oxygen atoms in total. The Labute approximate surface area is 103 Å². The van der Waals surface area contributed by atoms with Crippen molar-refractivity contribution in [2.45, 2.75) is 19.4 Å². The van der Waals surface area contributed by atoms with E-state index in [1.165, 1.54) is 6.26 Å². The molecule has 0 spiro atoms. The normalized spacial score (nSPS) is 11.5. The van der Waals surface area contributed by atoms with Gasteiger partial charge in [-0.1, -0.05) is 18.7 Å². The van der Waals surface area contributed by atoms with E-state index in [0.29, 0.717) is 12.2 Å². The lowest BCUT2D eigenvalue weighted by Gasteiger charge is -2.14. The van der Waals surface area contributed by atoms with Crippen molar-refractivity contribution < 1.29 is 4.74 Å². The van der Waals surface area contributed by atoms with Crippen LogP contribution in [0.3, 0.4) is 0 Å². The summed E-state index contributed by atoms with van der Waals surface area (Å²) in [6, 6.07) is 10.1. The third-order valence-corrected chi connectivity index (χ3v) is 2.52. The highest BCUT2D eigenvalue weighted by molar-refractivity contribution is 5.33. The monoisotopic (exact) mass is 230 g/mol. The molecule has 0 heterocycles. The summed E-state index contributed by atoms with van der Waals surface area (Å²) in [5.74, 6) is 0. The summed E-state index contributed by atoms with van der Waals surface area (Å²) in [6.07, 6.45) is 2.40. The molecule has 1 aromatic carbocycles. The third-order valence-electron chi connectivity index (χ3n) is 2.52. The van der Waals surface area contributed by atoms with Gasteiger partial charge in [0.2, 0.25) is 0 Å². The first-order chi connectivity index (χ1) is 8.27. The van der Waals surface area contributed by atoms with Gasteiger partial charge in [-0.25, -0.2) is 0 Å². The SMILES string of the molecule is C=COCCCNC(C)c1cccc(C#N)c1. The van der Waals surface area contributed by atoms with Crippen LogP contribution < -0.4 is 5.32 Å². The van der Waals surface area contributed by atoms with E-state index in [-0.39, 0.29) is 6.04 Å². The summed E-state index contributed by atoms with van der Waals surface area (Å²) in [4.78, 5) is 0. The van der Waals surface area contributed by atoms with Gasteiger partial charge in [0.25, 0.3) is 0 Å². The molecule has 1 atom stereocenters. The lowest BCUT2D eigenvalue weighted by molar-refractivity contribution is 0.243. The number of nitrogens with zero attached hydrogens (tertiary/aromatic N) is 1. The molecule has 1 unspecified atom stereocenters. The van der Waals surface area contributed by atoms with Crippen LogP contribution >= 0.6 is 0 Å². The molecule has 0 radical (unpaired) electrons. The van der Waals surface area contributed by atoms with Crippen LogP contribution in [0.15, 0.2) is 37.1 Å². The van der Waals surface area contributed by atoms with E-state index in [2.05, 4.69) is 24.9 Å². The maximum Gasteiger partial charge on any atom is 0.0991 e. The lowest BCUT2D eigenvalue weighted by Crippen LogP contribution is -2.20. The van der Waals surface area contributed by atoms with Gasteiger partial charge in [-0.05, 0) is 37.6 Å². The average Bonchev–Trinajstić information content (AvgIpc) is 2.38. The van der Waals surface area contributed by atoms with Crippen molar-refractivity contribution in [3.8, 4) is 6.07 Å². The zero-order valence-electron chi connectivity index (χ0n) is 10.1. The van der Waals surface area contributed by atoms with E-state index in [1.807, 2.05) is 24.3 Å². The Kier molecular flexibility index (Phi) is 5.84. The van der Waals surface area contributed by atoms with E-state index in [4.69, 9.17) is 10.00 Å². The molecule has 3 heteroatoms. The summed E-state index contributed by atoms with van der Waals surface area (Å²) >= 11 is 0. The number of rotatable bonds is 7. The molecule has 0 saturated carbocycles. The fourth-order valence-corrected chi connectivity index (χ4v) is 1.55. The molecule has 0 saturated heterocycles. The molecule has 0 aliphatic heterocycles. The van der Waals surface area contributed by atoms with Crippen LogP contribution in [0.1, 0.15) is 30.5 Å². The van der Waals surface area contributed by atoms with Crippen LogP contribution in [0.4, 0.5) is 0 Å². The number of nitrogens with one attached hydrogen (secondary N) is 1. The topological polar surface area (TPSA) is 45.0 Å². The predicted octanol–water partition coefficient (Wildman–Crippen LogP) is 2.76. The van der Waals surface area contributed by atoms with E-state index >= 15 is 0 Å². The first kappa shape index (κ1) is 13.3. The Morgan fingerprint density at radius 3 is 3.12 bits per heavy atom. The van der Waals surface area contributed by atoms with Gasteiger partial charge in [-0.15, -0.1) is 0 Å². The van der Waals surface area contributed by atoms with Crippen LogP contribution in [0, 0.1) is 11.3 Å². The molecule has 0 aliphatic carbocycles. The zero-order valence-corrected chi connectivity index (χ0v) is 10.1. The van der Waals surface area contributed by atoms with Crippen LogP contribution in [0.2, 0.25) is 0 Å². The van der Waals surface area contributed by atoms with Gasteiger partial charge in [0, 0.05) is 6.04 Å². The molecule has 90 valence electrons. The molecule has 1 N–H and O–H groups in total. The Bertz CT molecular complexity index is 395. The number of benzene rings is 1. The van der Waals surface area contributed by atoms with Crippen molar-refractivity contribution in [2.75, 3.05) is 13.2 Å². The molecule has 1 rings (SSSR count). The van der Waals surface area contributed by atoms with Crippen LogP contribution in [0.25, 0.3) is 0 Å². The second-order valence-electron chi connectivity index (χ2n) is 3.80. The maximum atomic E-state index is 8.82. The first-order valence-corrected chi connectivity index (χ1v) is 5.74. The summed E-state index contributed by atoms with van der Waals surface area (Å²) in [6.45, 7) is 7.14. The first-order valence-electron chi connectivity index (χ1n) is 5.74. The molecule has 0 fully saturated rings. The highest BCUT2D eigenvalue weighted by Crippen LogP contribution is 2.13. The summed E-state index contributed by atoms with van der Waals surface area (Å²) < 4.78 is 5.04. The Morgan fingerprint density at radius 1 is 1.59 bits per heavy atom. The molecule has 0 aliphatic rings. The molecule has 0 amide bonds. The van der Waals surface area contributed by atoms with E-state index < -0.39 is 0 Å². The quantitative estimate of drug-likeness (QED) is 0.578. The molecular weight excluding hydrogens is 212 g/mol. The summed E-state index contributed by atoms with van der Waals surface area (Å²) in [5.41, 5.74) is 1.83. The highest BCUT2D eigenvalue weighted by Gasteiger charge is 2.04. The van der Waals surface area contributed by atoms with Gasteiger partial charge in [0.05, 0.1) is 24.5 Å². The fourth-order valence-electron chi connectivity index (χ4n) is 1.55. The minimum atomic E-state index is 0.243. The predicted molar refractivity (Wildman–Crippen MR) is 68.3 cm³/mol. The van der Waals surface area contributed by atoms with Crippen molar-refractivity contribution in [3.63, 3.8) is 0 Å². The summed E-state index contributed by atoms with van der Waals surface area (Å²) in [7, 11) is 0. The van der Waals surface area contributed by atoms with Crippen molar-refractivity contribution >= 4 is 0 Å². The molecule has 17 heavy (non-hydrogen) atoms. The number of hydrogen-bond donors (Lipinski definition) is 1. The molecule has 1 aromatic rings. The average molecular weight is 230 g/mol. The van der Waals surface area contributed by atoms with Gasteiger partial charge in [0.1, 0.15) is 0 Å². The van der Waals surface area contributed by atoms with Crippen molar-refractivity contribution in [2.24, 2.45) is 0 Å². The second kappa shape index (κ2) is 7.48. The molecule has 0 aromatic heterocycles. The second-order valence-corrected chi connectivity index (χ2v) is 3.80. The molecular formula is C14H18N2O. The van der Waals surface area contributed by atoms with E-state index in [1.54, 1.807) is 0 Å². The maximum absolute atomic E-state index is 8.82. The fraction of sp³-hybridized carbons (Fsp3) is 0.357. The lowest BCUT2D eigenvalue weighted by atomic mass is 10.1. The minimum absolute atomic E-state index is 0.243. The van der Waals surface area contributed by atoms with Gasteiger partial charge in [-0.3, -0.25) is 0 Å². The third kappa shape index (κ3) is 4.71. The van der Waals surface area contributed by atoms with E-state index in [9.17, 15) is 0 Å². The number of nitriles is 1. The minimum Gasteiger partial charge on any atom is -0.502 e. The standard InChI is InChI=1S/C14H18N2O/c1-3-17-9-5-8-16-12(2)14-7-4-6-13(10-14)11-15/h3-4,6-7,10,12,16H,1,5,8-9H2,2H3. The van der Waals surface area contributed by atoms with Crippen LogP contribution in [-0.2, 0) is 4.74 Å². The van der Waals surface area contributed by atoms with Gasteiger partial charge < -0.3 is 10.1 Å². The van der Waals surface area contributed by atoms with Crippen LogP contribution in [-0.4, -0.2) is 13.2 Å². The number of hydrogen-bond acceptors (Lipinski definition) is 3. The van der Waals surface area contributed by atoms with Gasteiger partial charge in [0.15, 0.2) is 0 Å². The molecule has 0 bridgehead atoms. The van der Waals surface area contributed by atoms with E-state index in [0.717, 1.165) is 18.5 Å². The van der Waals surface area contributed by atoms with Crippen molar-refractivity contribution in [1.29, 1.82) is 5.26 Å². The van der Waals surface area contributed by atoms with Crippen LogP contribution in [0.5, 0.6) is 0 Å². The Hall–Kier alpha value is -1.79. The Balaban J connectivity index is 2.38.